The van der Waals surface area contributed by atoms with Crippen molar-refractivity contribution in [1.29, 1.82) is 5.26 Å². The quantitative estimate of drug-likeness (QED) is 0.399. The highest BCUT2D eigenvalue weighted by molar-refractivity contribution is 6.04. The molecule has 0 aliphatic carbocycles. The van der Waals surface area contributed by atoms with E-state index in [0.717, 1.165) is 34.6 Å². The average Bonchev–Trinajstić information content (AvgIpc) is 3.46. The lowest BCUT2D eigenvalue weighted by molar-refractivity contribution is 0.563. The van der Waals surface area contributed by atoms with E-state index in [0.29, 0.717) is 5.56 Å². The largest absolute Gasteiger partial charge is 0.316 e. The predicted octanol–water partition coefficient (Wildman–Crippen LogP) is 9.30. The molecule has 1 aliphatic rings. The lowest BCUT2D eigenvalue weighted by Gasteiger charge is -2.14. The molecule has 0 aromatic heterocycles. The highest BCUT2D eigenvalue weighted by Crippen LogP contribution is 2.32. The molecule has 1 aliphatic heterocycles. The van der Waals surface area contributed by atoms with Crippen LogP contribution in [0, 0.1) is 24.2 Å². The van der Waals surface area contributed by atoms with Crippen molar-refractivity contribution in [1.82, 2.24) is 5.32 Å². The fraction of sp³-hybridized carbons (Fsp3) is 0.382. The fourth-order valence-corrected chi connectivity index (χ4v) is 4.08. The Bertz CT molecular complexity index is 1050. The van der Waals surface area contributed by atoms with Gasteiger partial charge in [0.25, 0.3) is 0 Å². The summed E-state index contributed by atoms with van der Waals surface area (Å²) in [5.41, 5.74) is 8.65. The smallest absolute Gasteiger partial charge is 0.0991 e. The number of nitriles is 1. The molecular formula is C34H46N2. The van der Waals surface area contributed by atoms with Gasteiger partial charge in [-0.2, -0.15) is 5.26 Å². The van der Waals surface area contributed by atoms with Gasteiger partial charge in [0.2, 0.25) is 0 Å². The normalized spacial score (nSPS) is 15.7. The van der Waals surface area contributed by atoms with Gasteiger partial charge in [-0.25, -0.2) is 0 Å². The van der Waals surface area contributed by atoms with Crippen LogP contribution in [0.15, 0.2) is 84.5 Å². The minimum atomic E-state index is 0.662. The van der Waals surface area contributed by atoms with Crippen molar-refractivity contribution >= 4 is 11.1 Å². The first kappa shape index (κ1) is 30.9. The summed E-state index contributed by atoms with van der Waals surface area (Å²) >= 11 is 0. The van der Waals surface area contributed by atoms with Crippen LogP contribution in [0.1, 0.15) is 83.1 Å². The molecule has 2 nitrogen and oxygen atoms in total. The number of benzene rings is 2. The van der Waals surface area contributed by atoms with E-state index in [1.807, 2.05) is 45.0 Å². The summed E-state index contributed by atoms with van der Waals surface area (Å²) in [6.07, 6.45) is 10.2. The first-order valence-electron chi connectivity index (χ1n) is 13.4. The third kappa shape index (κ3) is 9.84. The van der Waals surface area contributed by atoms with Crippen molar-refractivity contribution in [3.63, 3.8) is 0 Å². The summed E-state index contributed by atoms with van der Waals surface area (Å²) in [5, 5.41) is 12.4. The molecule has 0 saturated carbocycles. The third-order valence-corrected chi connectivity index (χ3v) is 6.41. The molecule has 1 fully saturated rings. The standard InChI is InChI=1S/C26H27N.C6H13N.C2H6/c1-6-8-23(7-2)20(4)17-26(25-15-11-22(18-27)12-16-25)21(5)24-13-9-19(3)10-14-24;1-2-6-3-4-7-5-6;1-2/h6,8-17H,5,7H2,1-4H3;6-7H,2-5H2,1H3;1-2H3/b8-6-,23-20+,26-17+;;. The molecule has 36 heavy (non-hydrogen) atoms. The maximum absolute atomic E-state index is 9.09. The lowest BCUT2D eigenvalue weighted by atomic mass is 9.90. The Hall–Kier alpha value is -3.15. The van der Waals surface area contributed by atoms with Gasteiger partial charge in [-0.1, -0.05) is 101 Å². The first-order valence-corrected chi connectivity index (χ1v) is 13.4. The summed E-state index contributed by atoms with van der Waals surface area (Å²) < 4.78 is 0. The minimum absolute atomic E-state index is 0.662. The molecule has 192 valence electrons. The monoisotopic (exact) mass is 482 g/mol. The number of rotatable bonds is 7. The van der Waals surface area contributed by atoms with Crippen molar-refractivity contribution < 1.29 is 0 Å². The van der Waals surface area contributed by atoms with Crippen molar-refractivity contribution in [2.75, 3.05) is 13.1 Å². The predicted molar refractivity (Wildman–Crippen MR) is 160 cm³/mol. The minimum Gasteiger partial charge on any atom is -0.316 e. The van der Waals surface area contributed by atoms with E-state index in [-0.39, 0.29) is 0 Å². The van der Waals surface area contributed by atoms with Crippen molar-refractivity contribution in [3.05, 3.63) is 107 Å². The highest BCUT2D eigenvalue weighted by atomic mass is 14.9. The Kier molecular flexibility index (Phi) is 14.8. The van der Waals surface area contributed by atoms with Gasteiger partial charge in [0.1, 0.15) is 0 Å². The summed E-state index contributed by atoms with van der Waals surface area (Å²) in [4.78, 5) is 0. The van der Waals surface area contributed by atoms with E-state index in [1.54, 1.807) is 0 Å². The lowest BCUT2D eigenvalue weighted by Crippen LogP contribution is -2.07. The van der Waals surface area contributed by atoms with Gasteiger partial charge in [-0.15, -0.1) is 0 Å². The number of allylic oxidation sites excluding steroid dienone is 7. The summed E-state index contributed by atoms with van der Waals surface area (Å²) in [6.45, 7) is 21.6. The molecule has 1 N–H and O–H groups in total. The van der Waals surface area contributed by atoms with Crippen LogP contribution in [0.2, 0.25) is 0 Å². The Balaban J connectivity index is 0.000000609. The second-order valence-electron chi connectivity index (χ2n) is 8.92. The number of hydrogen-bond donors (Lipinski definition) is 1. The second kappa shape index (κ2) is 17.3. The first-order chi connectivity index (χ1) is 17.4. The molecule has 2 aromatic rings. The summed E-state index contributed by atoms with van der Waals surface area (Å²) in [7, 11) is 0. The third-order valence-electron chi connectivity index (χ3n) is 6.41. The molecule has 2 heteroatoms. The Morgan fingerprint density at radius 3 is 2.11 bits per heavy atom. The number of nitrogens with zero attached hydrogens (tertiary/aromatic N) is 1. The van der Waals surface area contributed by atoms with Crippen LogP contribution in [-0.4, -0.2) is 13.1 Å². The molecule has 2 aromatic carbocycles. The van der Waals surface area contributed by atoms with E-state index in [1.165, 1.54) is 42.6 Å². The molecule has 0 spiro atoms. The SMILES string of the molecule is C=C(\C(=C/C(C)=C(/C=C\C)CC)c1ccc(C#N)cc1)c1ccc(C)cc1.CC.CCC1CCNC1. The zero-order chi connectivity index (χ0) is 26.9. The van der Waals surface area contributed by atoms with Gasteiger partial charge < -0.3 is 5.32 Å². The van der Waals surface area contributed by atoms with Crippen molar-refractivity contribution in [2.24, 2.45) is 5.92 Å². The fourth-order valence-electron chi connectivity index (χ4n) is 4.08. The van der Waals surface area contributed by atoms with E-state index in [9.17, 15) is 0 Å². The number of hydrogen-bond acceptors (Lipinski definition) is 2. The van der Waals surface area contributed by atoms with E-state index >= 15 is 0 Å². The van der Waals surface area contributed by atoms with Gasteiger partial charge in [0.05, 0.1) is 11.6 Å². The van der Waals surface area contributed by atoms with Crippen LogP contribution >= 0.6 is 0 Å². The molecule has 1 atom stereocenters. The second-order valence-corrected chi connectivity index (χ2v) is 8.92. The molecule has 0 radical (unpaired) electrons. The Labute approximate surface area is 221 Å². The van der Waals surface area contributed by atoms with E-state index in [4.69, 9.17) is 5.26 Å². The molecular weight excluding hydrogens is 436 g/mol. The highest BCUT2D eigenvalue weighted by Gasteiger charge is 2.11. The van der Waals surface area contributed by atoms with Crippen LogP contribution in [-0.2, 0) is 0 Å². The van der Waals surface area contributed by atoms with Crippen molar-refractivity contribution in [3.8, 4) is 6.07 Å². The van der Waals surface area contributed by atoms with Gasteiger partial charge >= 0.3 is 0 Å². The number of nitrogens with one attached hydrogen (secondary N) is 1. The van der Waals surface area contributed by atoms with Gasteiger partial charge in [0.15, 0.2) is 0 Å². The molecule has 1 saturated heterocycles. The average molecular weight is 483 g/mol. The maximum atomic E-state index is 9.09. The molecule has 0 bridgehead atoms. The molecule has 1 unspecified atom stereocenters. The number of aryl methyl sites for hydroxylation is 1. The Morgan fingerprint density at radius 1 is 1.06 bits per heavy atom. The topological polar surface area (TPSA) is 35.8 Å². The van der Waals surface area contributed by atoms with Crippen LogP contribution in [0.4, 0.5) is 0 Å². The Morgan fingerprint density at radius 2 is 1.67 bits per heavy atom. The molecule has 3 rings (SSSR count). The van der Waals surface area contributed by atoms with Crippen LogP contribution < -0.4 is 5.32 Å². The van der Waals surface area contributed by atoms with Crippen LogP contribution in [0.25, 0.3) is 11.1 Å². The van der Waals surface area contributed by atoms with Crippen molar-refractivity contribution in [2.45, 2.75) is 67.7 Å². The van der Waals surface area contributed by atoms with Gasteiger partial charge in [-0.05, 0) is 98.2 Å². The van der Waals surface area contributed by atoms with E-state index < -0.39 is 0 Å². The molecule has 0 amide bonds. The van der Waals surface area contributed by atoms with E-state index in [2.05, 4.69) is 88.2 Å². The summed E-state index contributed by atoms with van der Waals surface area (Å²) in [6, 6.07) is 18.3. The van der Waals surface area contributed by atoms with Crippen LogP contribution in [0.3, 0.4) is 0 Å². The molecule has 1 heterocycles. The van der Waals surface area contributed by atoms with Gasteiger partial charge in [-0.3, -0.25) is 0 Å². The zero-order valence-corrected chi connectivity index (χ0v) is 23.6. The summed E-state index contributed by atoms with van der Waals surface area (Å²) in [5.74, 6) is 0.986. The van der Waals surface area contributed by atoms with Gasteiger partial charge in [0, 0.05) is 0 Å². The zero-order valence-electron chi connectivity index (χ0n) is 23.6. The van der Waals surface area contributed by atoms with Crippen LogP contribution in [0.5, 0.6) is 0 Å². The maximum Gasteiger partial charge on any atom is 0.0991 e.